The molecule has 0 amide bonds. The summed E-state index contributed by atoms with van der Waals surface area (Å²) >= 11 is 11.8. The third-order valence-corrected chi connectivity index (χ3v) is 2.66. The van der Waals surface area contributed by atoms with Gasteiger partial charge in [0, 0.05) is 10.0 Å². The van der Waals surface area contributed by atoms with Gasteiger partial charge in [0.2, 0.25) is 0 Å². The number of hydrogen-bond donors (Lipinski definition) is 1. The maximum Gasteiger partial charge on any atom is 0.116 e. The van der Waals surface area contributed by atoms with E-state index in [-0.39, 0.29) is 5.75 Å². The van der Waals surface area contributed by atoms with E-state index in [0.717, 1.165) is 11.1 Å². The van der Waals surface area contributed by atoms with Gasteiger partial charge in [-0.3, -0.25) is 0 Å². The van der Waals surface area contributed by atoms with Crippen LogP contribution in [-0.4, -0.2) is 5.11 Å². The van der Waals surface area contributed by atoms with Crippen LogP contribution in [0, 0.1) is 0 Å². The maximum absolute atomic E-state index is 9.32. The van der Waals surface area contributed by atoms with Gasteiger partial charge < -0.3 is 5.11 Å². The van der Waals surface area contributed by atoms with Gasteiger partial charge in [-0.25, -0.2) is 0 Å². The van der Waals surface area contributed by atoms with Gasteiger partial charge in [0.1, 0.15) is 5.75 Å². The quantitative estimate of drug-likeness (QED) is 0.768. The van der Waals surface area contributed by atoms with Crippen LogP contribution in [0.2, 0.25) is 10.0 Å². The van der Waals surface area contributed by atoms with Crippen LogP contribution in [0.4, 0.5) is 0 Å². The van der Waals surface area contributed by atoms with Gasteiger partial charge in [-0.15, -0.1) is 0 Å². The summed E-state index contributed by atoms with van der Waals surface area (Å²) in [6, 6.07) is 12.4. The van der Waals surface area contributed by atoms with Crippen molar-refractivity contribution in [1.82, 2.24) is 0 Å². The highest BCUT2D eigenvalue weighted by molar-refractivity contribution is 6.34. The molecule has 3 heteroatoms. The minimum Gasteiger partial charge on any atom is -0.508 e. The summed E-state index contributed by atoms with van der Waals surface area (Å²) in [5.74, 6) is 0.247. The maximum atomic E-state index is 9.32. The number of phenolic OH excluding ortho intramolecular Hbond substituents is 1. The molecular formula is C14H10Cl2O. The molecule has 0 bridgehead atoms. The van der Waals surface area contributed by atoms with Gasteiger partial charge in [-0.2, -0.15) is 0 Å². The van der Waals surface area contributed by atoms with E-state index < -0.39 is 0 Å². The van der Waals surface area contributed by atoms with Gasteiger partial charge in [0.15, 0.2) is 0 Å². The molecule has 0 unspecified atom stereocenters. The Kier molecular flexibility index (Phi) is 3.72. The number of rotatable bonds is 2. The first-order chi connectivity index (χ1) is 8.13. The zero-order chi connectivity index (χ0) is 12.3. The molecule has 0 heterocycles. The lowest BCUT2D eigenvalue weighted by atomic mass is 10.1. The fraction of sp³-hybridized carbons (Fsp3) is 0. The number of benzene rings is 2. The molecule has 1 N–H and O–H groups in total. The molecule has 17 heavy (non-hydrogen) atoms. The second-order valence-corrected chi connectivity index (χ2v) is 4.50. The smallest absolute Gasteiger partial charge is 0.116 e. The highest BCUT2D eigenvalue weighted by Crippen LogP contribution is 2.21. The largest absolute Gasteiger partial charge is 0.508 e. The van der Waals surface area contributed by atoms with Crippen molar-refractivity contribution >= 4 is 35.4 Å². The van der Waals surface area contributed by atoms with Gasteiger partial charge in [-0.05, 0) is 41.5 Å². The fourth-order valence-corrected chi connectivity index (χ4v) is 2.04. The van der Waals surface area contributed by atoms with Gasteiger partial charge in [0.05, 0.1) is 0 Å². The average molecular weight is 265 g/mol. The van der Waals surface area contributed by atoms with Crippen molar-refractivity contribution in [2.45, 2.75) is 0 Å². The molecule has 0 aliphatic rings. The average Bonchev–Trinajstić information content (AvgIpc) is 2.25. The fourth-order valence-electron chi connectivity index (χ4n) is 1.49. The second-order valence-electron chi connectivity index (χ2n) is 3.63. The van der Waals surface area contributed by atoms with E-state index in [2.05, 4.69) is 0 Å². The molecule has 2 aromatic carbocycles. The Balaban J connectivity index is 2.25. The van der Waals surface area contributed by atoms with E-state index in [1.807, 2.05) is 30.4 Å². The highest BCUT2D eigenvalue weighted by atomic mass is 35.5. The first kappa shape index (κ1) is 12.0. The lowest BCUT2D eigenvalue weighted by Gasteiger charge is -1.98. The number of phenols is 1. The molecule has 86 valence electrons. The minimum atomic E-state index is 0.247. The van der Waals surface area contributed by atoms with Crippen molar-refractivity contribution in [3.8, 4) is 5.75 Å². The van der Waals surface area contributed by atoms with E-state index in [0.29, 0.717) is 10.0 Å². The monoisotopic (exact) mass is 264 g/mol. The number of hydrogen-bond acceptors (Lipinski definition) is 1. The first-order valence-electron chi connectivity index (χ1n) is 5.07. The molecule has 0 aliphatic heterocycles. The molecule has 0 fully saturated rings. The summed E-state index contributed by atoms with van der Waals surface area (Å²) < 4.78 is 0. The molecule has 2 rings (SSSR count). The summed E-state index contributed by atoms with van der Waals surface area (Å²) in [7, 11) is 0. The molecule has 0 saturated heterocycles. The zero-order valence-corrected chi connectivity index (χ0v) is 10.4. The van der Waals surface area contributed by atoms with Crippen LogP contribution in [0.3, 0.4) is 0 Å². The van der Waals surface area contributed by atoms with E-state index in [1.54, 1.807) is 24.3 Å². The van der Waals surface area contributed by atoms with Crippen LogP contribution in [0.5, 0.6) is 5.75 Å². The van der Waals surface area contributed by atoms with Crippen molar-refractivity contribution in [2.24, 2.45) is 0 Å². The molecule has 0 radical (unpaired) electrons. The highest BCUT2D eigenvalue weighted by Gasteiger charge is 1.95. The molecule has 0 spiro atoms. The third kappa shape index (κ3) is 3.52. The number of aromatic hydroxyl groups is 1. The van der Waals surface area contributed by atoms with E-state index in [9.17, 15) is 5.11 Å². The first-order valence-corrected chi connectivity index (χ1v) is 5.82. The second kappa shape index (κ2) is 5.26. The Morgan fingerprint density at radius 1 is 0.824 bits per heavy atom. The summed E-state index contributed by atoms with van der Waals surface area (Å²) in [5, 5.41) is 10.5. The Labute approximate surface area is 110 Å². The van der Waals surface area contributed by atoms with Crippen LogP contribution in [-0.2, 0) is 0 Å². The van der Waals surface area contributed by atoms with E-state index >= 15 is 0 Å². The molecule has 0 aromatic heterocycles. The van der Waals surface area contributed by atoms with Crippen LogP contribution < -0.4 is 0 Å². The van der Waals surface area contributed by atoms with Crippen molar-refractivity contribution in [3.05, 3.63) is 63.6 Å². The molecule has 0 saturated carbocycles. The van der Waals surface area contributed by atoms with E-state index in [1.165, 1.54) is 0 Å². The Morgan fingerprint density at radius 2 is 1.47 bits per heavy atom. The van der Waals surface area contributed by atoms with Gasteiger partial charge >= 0.3 is 0 Å². The normalized spacial score (nSPS) is 10.9. The summed E-state index contributed by atoms with van der Waals surface area (Å²) in [6.45, 7) is 0. The Morgan fingerprint density at radius 3 is 2.12 bits per heavy atom. The van der Waals surface area contributed by atoms with Crippen molar-refractivity contribution in [2.75, 3.05) is 0 Å². The van der Waals surface area contributed by atoms with Crippen LogP contribution in [0.1, 0.15) is 11.1 Å². The van der Waals surface area contributed by atoms with Crippen LogP contribution in [0.15, 0.2) is 42.5 Å². The standard InChI is InChI=1S/C14H10Cl2O/c15-12-6-11(7-13(16)9-12)5-4-10-2-1-3-14(17)8-10/h1-9,17H. The Hall–Kier alpha value is -1.44. The topological polar surface area (TPSA) is 20.2 Å². The predicted molar refractivity (Wildman–Crippen MR) is 73.5 cm³/mol. The Bertz CT molecular complexity index is 542. The zero-order valence-electron chi connectivity index (χ0n) is 8.90. The molecule has 0 atom stereocenters. The predicted octanol–water partition coefficient (Wildman–Crippen LogP) is 4.87. The number of halogens is 2. The van der Waals surface area contributed by atoms with Gasteiger partial charge in [0.25, 0.3) is 0 Å². The van der Waals surface area contributed by atoms with Gasteiger partial charge in [-0.1, -0.05) is 47.5 Å². The van der Waals surface area contributed by atoms with Crippen molar-refractivity contribution in [3.63, 3.8) is 0 Å². The van der Waals surface area contributed by atoms with Crippen LogP contribution in [0.25, 0.3) is 12.2 Å². The van der Waals surface area contributed by atoms with Crippen LogP contribution >= 0.6 is 23.2 Å². The third-order valence-electron chi connectivity index (χ3n) is 2.22. The van der Waals surface area contributed by atoms with E-state index in [4.69, 9.17) is 23.2 Å². The molecular weight excluding hydrogens is 255 g/mol. The lowest BCUT2D eigenvalue weighted by Crippen LogP contribution is -1.75. The molecule has 0 aliphatic carbocycles. The lowest BCUT2D eigenvalue weighted by molar-refractivity contribution is 0.475. The summed E-state index contributed by atoms with van der Waals surface area (Å²) in [6.07, 6.45) is 3.79. The molecule has 2 aromatic rings. The summed E-state index contributed by atoms with van der Waals surface area (Å²) in [4.78, 5) is 0. The minimum absolute atomic E-state index is 0.247. The SMILES string of the molecule is Oc1cccc(C=Cc2cc(Cl)cc(Cl)c2)c1. The molecule has 1 nitrogen and oxygen atoms in total. The van der Waals surface area contributed by atoms with Crippen molar-refractivity contribution in [1.29, 1.82) is 0 Å². The van der Waals surface area contributed by atoms with Crippen molar-refractivity contribution < 1.29 is 5.11 Å². The summed E-state index contributed by atoms with van der Waals surface area (Å²) in [5.41, 5.74) is 1.84.